The molecule has 0 radical (unpaired) electrons. The molecule has 86 valence electrons. The van der Waals surface area contributed by atoms with Crippen LogP contribution < -0.4 is 11.1 Å². The fraction of sp³-hybridized carbons (Fsp3) is 0.417. The molecule has 3 N–H and O–H groups in total. The lowest BCUT2D eigenvalue weighted by molar-refractivity contribution is -0.120. The van der Waals surface area contributed by atoms with E-state index in [0.29, 0.717) is 10.9 Å². The summed E-state index contributed by atoms with van der Waals surface area (Å²) in [5, 5.41) is 3.86. The highest BCUT2D eigenvalue weighted by Crippen LogP contribution is 2.28. The number of carbonyl (C=O) groups excluding carboxylic acids is 1. The fourth-order valence-electron chi connectivity index (χ4n) is 1.64. The Bertz CT molecular complexity index is 373. The van der Waals surface area contributed by atoms with Crippen molar-refractivity contribution < 1.29 is 4.79 Å². The lowest BCUT2D eigenvalue weighted by Gasteiger charge is -2.15. The third-order valence-electron chi connectivity index (χ3n) is 2.80. The van der Waals surface area contributed by atoms with Crippen molar-refractivity contribution in [3.8, 4) is 0 Å². The average Bonchev–Trinajstić information content (AvgIpc) is 3.04. The molecule has 0 saturated heterocycles. The number of nitrogens with two attached hydrogens (primary N) is 1. The van der Waals surface area contributed by atoms with Crippen molar-refractivity contribution in [1.82, 2.24) is 5.32 Å². The van der Waals surface area contributed by atoms with Gasteiger partial charge in [-0.1, -0.05) is 23.7 Å². The number of amides is 1. The standard InChI is InChI=1S/C12H15ClN2O/c13-10-5-3-9(4-6-10)11(12(14)16)15-7-8-1-2-8/h3-6,8,11,15H,1-2,7H2,(H2,14,16). The largest absolute Gasteiger partial charge is 0.368 e. The lowest BCUT2D eigenvalue weighted by Crippen LogP contribution is -2.34. The number of halogens is 1. The highest BCUT2D eigenvalue weighted by molar-refractivity contribution is 6.30. The van der Waals surface area contributed by atoms with Crippen LogP contribution in [0.4, 0.5) is 0 Å². The topological polar surface area (TPSA) is 55.1 Å². The van der Waals surface area contributed by atoms with E-state index in [1.165, 1.54) is 12.8 Å². The van der Waals surface area contributed by atoms with Gasteiger partial charge < -0.3 is 11.1 Å². The zero-order valence-corrected chi connectivity index (χ0v) is 9.70. The minimum Gasteiger partial charge on any atom is -0.368 e. The molecule has 1 atom stereocenters. The molecule has 2 rings (SSSR count). The van der Waals surface area contributed by atoms with Crippen molar-refractivity contribution in [3.63, 3.8) is 0 Å². The van der Waals surface area contributed by atoms with Crippen LogP contribution in [-0.4, -0.2) is 12.5 Å². The molecule has 1 aliphatic rings. The van der Waals surface area contributed by atoms with E-state index in [1.807, 2.05) is 12.1 Å². The van der Waals surface area contributed by atoms with Crippen LogP contribution in [0.25, 0.3) is 0 Å². The Hall–Kier alpha value is -1.06. The molecular weight excluding hydrogens is 224 g/mol. The molecule has 1 unspecified atom stereocenters. The van der Waals surface area contributed by atoms with Crippen LogP contribution in [-0.2, 0) is 4.79 Å². The number of hydrogen-bond donors (Lipinski definition) is 2. The summed E-state index contributed by atoms with van der Waals surface area (Å²) in [6.45, 7) is 0.857. The number of rotatable bonds is 5. The molecule has 0 bridgehead atoms. The van der Waals surface area contributed by atoms with Crippen LogP contribution in [0.5, 0.6) is 0 Å². The summed E-state index contributed by atoms with van der Waals surface area (Å²) in [7, 11) is 0. The molecule has 4 heteroatoms. The Labute approximate surface area is 100.0 Å². The summed E-state index contributed by atoms with van der Waals surface area (Å²) in [5.74, 6) is 0.372. The van der Waals surface area contributed by atoms with Crippen molar-refractivity contribution in [1.29, 1.82) is 0 Å². The number of nitrogens with one attached hydrogen (secondary N) is 1. The summed E-state index contributed by atoms with van der Waals surface area (Å²) < 4.78 is 0. The van der Waals surface area contributed by atoms with Crippen LogP contribution in [0.1, 0.15) is 24.4 Å². The minimum absolute atomic E-state index is 0.344. The van der Waals surface area contributed by atoms with E-state index in [4.69, 9.17) is 17.3 Å². The second kappa shape index (κ2) is 4.85. The highest BCUT2D eigenvalue weighted by atomic mass is 35.5. The second-order valence-corrected chi connectivity index (χ2v) is 4.67. The van der Waals surface area contributed by atoms with Crippen LogP contribution in [0.3, 0.4) is 0 Å². The number of carbonyl (C=O) groups is 1. The first-order valence-electron chi connectivity index (χ1n) is 5.45. The third kappa shape index (κ3) is 2.97. The van der Waals surface area contributed by atoms with Gasteiger partial charge in [-0.05, 0) is 43.0 Å². The van der Waals surface area contributed by atoms with Crippen molar-refractivity contribution in [2.24, 2.45) is 11.7 Å². The molecule has 1 aromatic carbocycles. The molecular formula is C12H15ClN2O. The van der Waals surface area contributed by atoms with Crippen LogP contribution in [0, 0.1) is 5.92 Å². The molecule has 0 aromatic heterocycles. The average molecular weight is 239 g/mol. The first-order valence-corrected chi connectivity index (χ1v) is 5.83. The predicted octanol–water partition coefficient (Wildman–Crippen LogP) is 1.87. The van der Waals surface area contributed by atoms with Crippen molar-refractivity contribution in [3.05, 3.63) is 34.9 Å². The van der Waals surface area contributed by atoms with Gasteiger partial charge in [-0.3, -0.25) is 4.79 Å². The maximum Gasteiger partial charge on any atom is 0.239 e. The second-order valence-electron chi connectivity index (χ2n) is 4.24. The van der Waals surface area contributed by atoms with Crippen LogP contribution in [0.2, 0.25) is 5.02 Å². The van der Waals surface area contributed by atoms with Gasteiger partial charge in [-0.15, -0.1) is 0 Å². The van der Waals surface area contributed by atoms with E-state index >= 15 is 0 Å². The maximum absolute atomic E-state index is 11.3. The highest BCUT2D eigenvalue weighted by Gasteiger charge is 2.24. The van der Waals surface area contributed by atoms with Gasteiger partial charge in [0.2, 0.25) is 5.91 Å². The van der Waals surface area contributed by atoms with Gasteiger partial charge in [0.15, 0.2) is 0 Å². The molecule has 1 amide bonds. The fourth-order valence-corrected chi connectivity index (χ4v) is 1.77. The number of hydrogen-bond acceptors (Lipinski definition) is 2. The quantitative estimate of drug-likeness (QED) is 0.823. The SMILES string of the molecule is NC(=O)C(NCC1CC1)c1ccc(Cl)cc1. The first kappa shape index (κ1) is 11.4. The van der Waals surface area contributed by atoms with Gasteiger partial charge in [0, 0.05) is 5.02 Å². The van der Waals surface area contributed by atoms with Crippen LogP contribution in [0.15, 0.2) is 24.3 Å². The van der Waals surface area contributed by atoms with Crippen LogP contribution >= 0.6 is 11.6 Å². The Kier molecular flexibility index (Phi) is 3.46. The molecule has 0 aliphatic heterocycles. The summed E-state index contributed by atoms with van der Waals surface area (Å²) in [6.07, 6.45) is 2.50. The van der Waals surface area contributed by atoms with E-state index in [9.17, 15) is 4.79 Å². The molecule has 16 heavy (non-hydrogen) atoms. The summed E-state index contributed by atoms with van der Waals surface area (Å²) >= 11 is 5.80. The van der Waals surface area contributed by atoms with Gasteiger partial charge in [0.05, 0.1) is 0 Å². The van der Waals surface area contributed by atoms with E-state index < -0.39 is 6.04 Å². The monoisotopic (exact) mass is 238 g/mol. The molecule has 0 spiro atoms. The van der Waals surface area contributed by atoms with Gasteiger partial charge in [-0.2, -0.15) is 0 Å². The van der Waals surface area contributed by atoms with E-state index in [-0.39, 0.29) is 5.91 Å². The van der Waals surface area contributed by atoms with Gasteiger partial charge in [0.1, 0.15) is 6.04 Å². The summed E-state index contributed by atoms with van der Waals surface area (Å²) in [5.41, 5.74) is 6.25. The van der Waals surface area contributed by atoms with E-state index in [0.717, 1.165) is 12.1 Å². The van der Waals surface area contributed by atoms with Gasteiger partial charge >= 0.3 is 0 Å². The zero-order valence-electron chi connectivity index (χ0n) is 8.95. The minimum atomic E-state index is -0.405. The third-order valence-corrected chi connectivity index (χ3v) is 3.05. The Morgan fingerprint density at radius 3 is 2.56 bits per heavy atom. The van der Waals surface area contributed by atoms with Crippen molar-refractivity contribution >= 4 is 17.5 Å². The van der Waals surface area contributed by atoms with Gasteiger partial charge in [0.25, 0.3) is 0 Å². The molecule has 1 aromatic rings. The van der Waals surface area contributed by atoms with Crippen molar-refractivity contribution in [2.75, 3.05) is 6.54 Å². The van der Waals surface area contributed by atoms with E-state index in [1.54, 1.807) is 12.1 Å². The number of primary amides is 1. The molecule has 0 heterocycles. The normalized spacial score (nSPS) is 17.1. The first-order chi connectivity index (χ1) is 7.66. The maximum atomic E-state index is 11.3. The summed E-state index contributed by atoms with van der Waals surface area (Å²) in [6, 6.07) is 6.80. The van der Waals surface area contributed by atoms with Crippen molar-refractivity contribution in [2.45, 2.75) is 18.9 Å². The predicted molar refractivity (Wildman–Crippen MR) is 64.1 cm³/mol. The molecule has 3 nitrogen and oxygen atoms in total. The Morgan fingerprint density at radius 2 is 2.06 bits per heavy atom. The molecule has 1 fully saturated rings. The Balaban J connectivity index is 2.04. The van der Waals surface area contributed by atoms with Gasteiger partial charge in [-0.25, -0.2) is 0 Å². The van der Waals surface area contributed by atoms with E-state index in [2.05, 4.69) is 5.32 Å². The Morgan fingerprint density at radius 1 is 1.44 bits per heavy atom. The molecule has 1 aliphatic carbocycles. The summed E-state index contributed by atoms with van der Waals surface area (Å²) in [4.78, 5) is 11.3. The zero-order chi connectivity index (χ0) is 11.5. The lowest BCUT2D eigenvalue weighted by atomic mass is 10.1. The number of benzene rings is 1. The smallest absolute Gasteiger partial charge is 0.239 e. The molecule has 1 saturated carbocycles.